The highest BCUT2D eigenvalue weighted by Crippen LogP contribution is 2.28. The molecule has 0 bridgehead atoms. The minimum absolute atomic E-state index is 0.0446. The average molecular weight is 394 g/mol. The van der Waals surface area contributed by atoms with E-state index >= 15 is 0 Å². The highest BCUT2D eigenvalue weighted by Gasteiger charge is 2.26. The van der Waals surface area contributed by atoms with Gasteiger partial charge in [-0.25, -0.2) is 0 Å². The lowest BCUT2D eigenvalue weighted by atomic mass is 10.2. The van der Waals surface area contributed by atoms with Crippen LogP contribution >= 0.6 is 22.9 Å². The van der Waals surface area contributed by atoms with Gasteiger partial charge in [-0.2, -0.15) is 11.3 Å². The van der Waals surface area contributed by atoms with Crippen molar-refractivity contribution < 1.29 is 9.53 Å². The van der Waals surface area contributed by atoms with E-state index in [1.54, 1.807) is 36.6 Å². The Bertz CT molecular complexity index is 730. The van der Waals surface area contributed by atoms with Crippen LogP contribution in [0.3, 0.4) is 0 Å². The lowest BCUT2D eigenvalue weighted by Gasteiger charge is -2.37. The minimum Gasteiger partial charge on any atom is -0.495 e. The van der Waals surface area contributed by atoms with Crippen molar-refractivity contribution in [2.24, 2.45) is 0 Å². The highest BCUT2D eigenvalue weighted by atomic mass is 35.5. The van der Waals surface area contributed by atoms with Gasteiger partial charge in [0, 0.05) is 37.7 Å². The van der Waals surface area contributed by atoms with Crippen LogP contribution in [-0.4, -0.2) is 55.0 Å². The molecule has 2 aromatic rings. The average Bonchev–Trinajstić information content (AvgIpc) is 3.15. The number of methoxy groups -OCH3 is 1. The predicted octanol–water partition coefficient (Wildman–Crippen LogP) is 3.55. The van der Waals surface area contributed by atoms with Crippen molar-refractivity contribution in [2.75, 3.05) is 38.6 Å². The van der Waals surface area contributed by atoms with Gasteiger partial charge >= 0.3 is 0 Å². The molecule has 1 aliphatic heterocycles. The number of benzene rings is 1. The zero-order valence-electron chi connectivity index (χ0n) is 15.1. The Hall–Kier alpha value is -1.60. The molecule has 1 aromatic heterocycles. The first-order valence-corrected chi connectivity index (χ1v) is 10.0. The number of thiophene rings is 1. The van der Waals surface area contributed by atoms with Crippen molar-refractivity contribution in [1.29, 1.82) is 0 Å². The SMILES string of the molecule is COc1ccc(Cl)cc1NC(=O)[C@H](C)N1CCN(Cc2ccsc2)CC1. The van der Waals surface area contributed by atoms with E-state index < -0.39 is 0 Å². The zero-order valence-corrected chi connectivity index (χ0v) is 16.6. The molecule has 1 amide bonds. The first-order chi connectivity index (χ1) is 12.6. The van der Waals surface area contributed by atoms with E-state index in [4.69, 9.17) is 16.3 Å². The van der Waals surface area contributed by atoms with Crippen molar-refractivity contribution in [1.82, 2.24) is 9.80 Å². The van der Waals surface area contributed by atoms with Gasteiger partial charge in [-0.1, -0.05) is 11.6 Å². The molecule has 2 heterocycles. The second-order valence-electron chi connectivity index (χ2n) is 6.45. The van der Waals surface area contributed by atoms with Gasteiger partial charge in [0.2, 0.25) is 5.91 Å². The Morgan fingerprint density at radius 1 is 1.31 bits per heavy atom. The van der Waals surface area contributed by atoms with Crippen LogP contribution in [0, 0.1) is 0 Å². The summed E-state index contributed by atoms with van der Waals surface area (Å²) >= 11 is 7.77. The van der Waals surface area contributed by atoms with E-state index in [0.29, 0.717) is 16.5 Å². The molecule has 1 N–H and O–H groups in total. The third-order valence-electron chi connectivity index (χ3n) is 4.74. The number of hydrogen-bond acceptors (Lipinski definition) is 5. The number of carbonyl (C=O) groups is 1. The number of ether oxygens (including phenoxy) is 1. The lowest BCUT2D eigenvalue weighted by molar-refractivity contribution is -0.121. The smallest absolute Gasteiger partial charge is 0.241 e. The Balaban J connectivity index is 1.54. The number of carbonyl (C=O) groups excluding carboxylic acids is 1. The van der Waals surface area contributed by atoms with Crippen molar-refractivity contribution in [3.63, 3.8) is 0 Å². The van der Waals surface area contributed by atoms with E-state index in [-0.39, 0.29) is 11.9 Å². The summed E-state index contributed by atoms with van der Waals surface area (Å²) < 4.78 is 5.30. The maximum Gasteiger partial charge on any atom is 0.241 e. The fourth-order valence-electron chi connectivity index (χ4n) is 3.13. The molecule has 0 aliphatic carbocycles. The van der Waals surface area contributed by atoms with Gasteiger partial charge in [-0.15, -0.1) is 0 Å². The van der Waals surface area contributed by atoms with Crippen molar-refractivity contribution in [3.8, 4) is 5.75 Å². The summed E-state index contributed by atoms with van der Waals surface area (Å²) in [6, 6.07) is 7.18. The van der Waals surface area contributed by atoms with Gasteiger partial charge in [0.15, 0.2) is 0 Å². The number of piperazine rings is 1. The quantitative estimate of drug-likeness (QED) is 0.815. The van der Waals surface area contributed by atoms with Crippen molar-refractivity contribution >= 4 is 34.5 Å². The summed E-state index contributed by atoms with van der Waals surface area (Å²) in [6.45, 7) is 6.62. The van der Waals surface area contributed by atoms with Crippen LogP contribution in [0.5, 0.6) is 5.75 Å². The molecule has 0 radical (unpaired) electrons. The number of halogens is 1. The van der Waals surface area contributed by atoms with Crippen LogP contribution in [0.1, 0.15) is 12.5 Å². The van der Waals surface area contributed by atoms with Crippen LogP contribution in [0.25, 0.3) is 0 Å². The van der Waals surface area contributed by atoms with E-state index in [0.717, 1.165) is 32.7 Å². The molecule has 0 spiro atoms. The molecular formula is C19H24ClN3O2S. The molecule has 1 atom stereocenters. The first-order valence-electron chi connectivity index (χ1n) is 8.68. The van der Waals surface area contributed by atoms with E-state index in [2.05, 4.69) is 31.9 Å². The molecule has 0 unspecified atom stereocenters. The monoisotopic (exact) mass is 393 g/mol. The normalized spacial score (nSPS) is 17.0. The Kier molecular flexibility index (Phi) is 6.53. The van der Waals surface area contributed by atoms with Crippen LogP contribution in [0.2, 0.25) is 5.02 Å². The zero-order chi connectivity index (χ0) is 18.5. The molecule has 1 saturated heterocycles. The second kappa shape index (κ2) is 8.86. The summed E-state index contributed by atoms with van der Waals surface area (Å²) in [7, 11) is 1.58. The van der Waals surface area contributed by atoms with Gasteiger partial charge in [0.25, 0.3) is 0 Å². The molecule has 26 heavy (non-hydrogen) atoms. The van der Waals surface area contributed by atoms with E-state index in [1.165, 1.54) is 5.56 Å². The molecule has 1 fully saturated rings. The summed E-state index contributed by atoms with van der Waals surface area (Å²) in [4.78, 5) is 17.3. The number of nitrogens with one attached hydrogen (secondary N) is 1. The van der Waals surface area contributed by atoms with Crippen molar-refractivity contribution in [2.45, 2.75) is 19.5 Å². The Morgan fingerprint density at radius 2 is 2.08 bits per heavy atom. The summed E-state index contributed by atoms with van der Waals surface area (Å²) in [6.07, 6.45) is 0. The van der Waals surface area contributed by atoms with Crippen molar-refractivity contribution in [3.05, 3.63) is 45.6 Å². The molecule has 140 valence electrons. The highest BCUT2D eigenvalue weighted by molar-refractivity contribution is 7.07. The Morgan fingerprint density at radius 3 is 2.73 bits per heavy atom. The van der Waals surface area contributed by atoms with Gasteiger partial charge in [-0.3, -0.25) is 14.6 Å². The Labute approximate surface area is 163 Å². The van der Waals surface area contributed by atoms with Crippen LogP contribution in [0.15, 0.2) is 35.0 Å². The van der Waals surface area contributed by atoms with Gasteiger partial charge in [-0.05, 0) is 47.5 Å². The summed E-state index contributed by atoms with van der Waals surface area (Å²) in [5, 5.41) is 7.82. The maximum atomic E-state index is 12.7. The third-order valence-corrected chi connectivity index (χ3v) is 5.71. The van der Waals surface area contributed by atoms with Gasteiger partial charge in [0.05, 0.1) is 18.8 Å². The molecule has 0 saturated carbocycles. The minimum atomic E-state index is -0.206. The summed E-state index contributed by atoms with van der Waals surface area (Å²) in [5.41, 5.74) is 1.97. The fourth-order valence-corrected chi connectivity index (χ4v) is 3.96. The standard InChI is InChI=1S/C19H24ClN3O2S/c1-14(19(24)21-17-11-16(20)3-4-18(17)25-2)23-8-6-22(7-9-23)12-15-5-10-26-13-15/h3-5,10-11,13-14H,6-9,12H2,1-2H3,(H,21,24)/t14-/m0/s1. The van der Waals surface area contributed by atoms with Crippen LogP contribution in [-0.2, 0) is 11.3 Å². The number of rotatable bonds is 6. The van der Waals surface area contributed by atoms with E-state index in [1.807, 2.05) is 6.92 Å². The number of anilines is 1. The van der Waals surface area contributed by atoms with Gasteiger partial charge < -0.3 is 10.1 Å². The number of nitrogens with zero attached hydrogens (tertiary/aromatic N) is 2. The summed E-state index contributed by atoms with van der Waals surface area (Å²) in [5.74, 6) is 0.562. The maximum absolute atomic E-state index is 12.7. The predicted molar refractivity (Wildman–Crippen MR) is 107 cm³/mol. The molecule has 1 aliphatic rings. The lowest BCUT2D eigenvalue weighted by Crippen LogP contribution is -2.52. The molecule has 5 nitrogen and oxygen atoms in total. The molecule has 1 aromatic carbocycles. The first kappa shape index (κ1) is 19.2. The number of hydrogen-bond donors (Lipinski definition) is 1. The van der Waals surface area contributed by atoms with Crippen LogP contribution < -0.4 is 10.1 Å². The second-order valence-corrected chi connectivity index (χ2v) is 7.67. The molecular weight excluding hydrogens is 370 g/mol. The van der Waals surface area contributed by atoms with Crippen LogP contribution in [0.4, 0.5) is 5.69 Å². The molecule has 7 heteroatoms. The molecule has 3 rings (SSSR count). The number of amides is 1. The largest absolute Gasteiger partial charge is 0.495 e. The van der Waals surface area contributed by atoms with E-state index in [9.17, 15) is 4.79 Å². The third kappa shape index (κ3) is 4.76. The van der Waals surface area contributed by atoms with Gasteiger partial charge in [0.1, 0.15) is 5.75 Å². The fraction of sp³-hybridized carbons (Fsp3) is 0.421. The topological polar surface area (TPSA) is 44.8 Å².